The number of hydrogen-bond acceptors (Lipinski definition) is 5. The van der Waals surface area contributed by atoms with Crippen molar-refractivity contribution in [3.8, 4) is 6.07 Å². The van der Waals surface area contributed by atoms with E-state index >= 15 is 0 Å². The van der Waals surface area contributed by atoms with Crippen molar-refractivity contribution in [2.75, 3.05) is 11.5 Å². The zero-order chi connectivity index (χ0) is 20.1. The zero-order valence-electron chi connectivity index (χ0n) is 15.1. The van der Waals surface area contributed by atoms with E-state index in [4.69, 9.17) is 4.74 Å². The molecule has 0 aliphatic carbocycles. The molecule has 142 valence electrons. The Hall–Kier alpha value is -3.11. The highest BCUT2D eigenvalue weighted by atomic mass is 32.2. The number of para-hydroxylation sites is 1. The molecule has 0 bridgehead atoms. The van der Waals surface area contributed by atoms with E-state index in [0.29, 0.717) is 12.1 Å². The highest BCUT2D eigenvalue weighted by Gasteiger charge is 2.41. The molecule has 0 spiro atoms. The van der Waals surface area contributed by atoms with E-state index in [0.717, 1.165) is 17.3 Å². The van der Waals surface area contributed by atoms with Gasteiger partial charge >= 0.3 is 5.97 Å². The van der Waals surface area contributed by atoms with Crippen molar-refractivity contribution < 1.29 is 18.7 Å². The SMILES string of the molecule is CCOC(=O)/C(C#N)=C1\S[C@H](Cc2ccc(F)cc2)C(=O)N1c1ccccc1. The Labute approximate surface area is 166 Å². The molecular formula is C21H17FN2O3S. The number of amides is 1. The van der Waals surface area contributed by atoms with Gasteiger partial charge in [0.25, 0.3) is 0 Å². The van der Waals surface area contributed by atoms with Gasteiger partial charge in [0, 0.05) is 5.69 Å². The van der Waals surface area contributed by atoms with Crippen LogP contribution in [0.15, 0.2) is 65.2 Å². The molecule has 28 heavy (non-hydrogen) atoms. The normalized spacial score (nSPS) is 18.0. The molecule has 0 radical (unpaired) electrons. The van der Waals surface area contributed by atoms with Gasteiger partial charge in [0.15, 0.2) is 5.57 Å². The fourth-order valence-electron chi connectivity index (χ4n) is 2.82. The standard InChI is InChI=1S/C21H17FN2O3S/c1-2-27-21(26)17(13-23)20-24(16-6-4-3-5-7-16)19(25)18(28-20)12-14-8-10-15(22)11-9-14/h3-11,18H,2,12H2,1H3/b20-17-/t18-/m1/s1. The van der Waals surface area contributed by atoms with Crippen LogP contribution in [0.2, 0.25) is 0 Å². The second-order valence-corrected chi connectivity index (χ2v) is 7.15. The number of rotatable bonds is 5. The molecule has 0 unspecified atom stereocenters. The predicted molar refractivity (Wildman–Crippen MR) is 105 cm³/mol. The maximum absolute atomic E-state index is 13.2. The highest BCUT2D eigenvalue weighted by Crippen LogP contribution is 2.41. The molecule has 1 saturated heterocycles. The first kappa shape index (κ1) is 19.6. The quantitative estimate of drug-likeness (QED) is 0.437. The summed E-state index contributed by atoms with van der Waals surface area (Å²) in [5.74, 6) is -1.36. The van der Waals surface area contributed by atoms with Crippen LogP contribution in [-0.4, -0.2) is 23.7 Å². The zero-order valence-corrected chi connectivity index (χ0v) is 15.9. The number of halogens is 1. The largest absolute Gasteiger partial charge is 0.462 e. The van der Waals surface area contributed by atoms with Crippen LogP contribution in [0.5, 0.6) is 0 Å². The maximum Gasteiger partial charge on any atom is 0.351 e. The van der Waals surface area contributed by atoms with Gasteiger partial charge in [-0.15, -0.1) is 0 Å². The van der Waals surface area contributed by atoms with E-state index in [1.54, 1.807) is 43.3 Å². The van der Waals surface area contributed by atoms with Crippen molar-refractivity contribution in [3.05, 3.63) is 76.6 Å². The molecule has 1 atom stereocenters. The lowest BCUT2D eigenvalue weighted by molar-refractivity contribution is -0.138. The van der Waals surface area contributed by atoms with Crippen LogP contribution in [0, 0.1) is 17.1 Å². The Bertz CT molecular complexity index is 952. The second-order valence-electron chi connectivity index (χ2n) is 5.96. The number of esters is 1. The number of nitriles is 1. The van der Waals surface area contributed by atoms with Gasteiger partial charge in [-0.1, -0.05) is 42.1 Å². The van der Waals surface area contributed by atoms with Crippen molar-refractivity contribution in [3.63, 3.8) is 0 Å². The number of anilines is 1. The van der Waals surface area contributed by atoms with E-state index in [1.165, 1.54) is 17.0 Å². The van der Waals surface area contributed by atoms with Crippen LogP contribution < -0.4 is 4.90 Å². The fourth-order valence-corrected chi connectivity index (χ4v) is 4.12. The third-order valence-electron chi connectivity index (χ3n) is 4.11. The van der Waals surface area contributed by atoms with Gasteiger partial charge in [0.1, 0.15) is 16.9 Å². The average Bonchev–Trinajstić information content (AvgIpc) is 3.01. The predicted octanol–water partition coefficient (Wildman–Crippen LogP) is 3.82. The number of carbonyl (C=O) groups excluding carboxylic acids is 2. The molecular weight excluding hydrogens is 379 g/mol. The second kappa shape index (κ2) is 8.72. The summed E-state index contributed by atoms with van der Waals surface area (Å²) < 4.78 is 18.1. The summed E-state index contributed by atoms with van der Waals surface area (Å²) in [6.07, 6.45) is 0.345. The first-order valence-corrected chi connectivity index (χ1v) is 9.54. The van der Waals surface area contributed by atoms with Crippen LogP contribution in [-0.2, 0) is 20.7 Å². The van der Waals surface area contributed by atoms with E-state index in [-0.39, 0.29) is 28.9 Å². The minimum absolute atomic E-state index is 0.125. The summed E-state index contributed by atoms with van der Waals surface area (Å²) in [5, 5.41) is 9.25. The van der Waals surface area contributed by atoms with Crippen molar-refractivity contribution >= 4 is 29.3 Å². The Balaban J connectivity index is 2.01. The maximum atomic E-state index is 13.2. The molecule has 1 aliphatic rings. The number of ether oxygens (including phenoxy) is 1. The third-order valence-corrected chi connectivity index (χ3v) is 5.37. The van der Waals surface area contributed by atoms with Crippen LogP contribution in [0.4, 0.5) is 10.1 Å². The average molecular weight is 396 g/mol. The van der Waals surface area contributed by atoms with E-state index in [9.17, 15) is 19.2 Å². The monoisotopic (exact) mass is 396 g/mol. The van der Waals surface area contributed by atoms with Crippen LogP contribution in [0.1, 0.15) is 12.5 Å². The first-order valence-electron chi connectivity index (χ1n) is 8.66. The van der Waals surface area contributed by atoms with Crippen molar-refractivity contribution in [2.24, 2.45) is 0 Å². The van der Waals surface area contributed by atoms with Crippen LogP contribution in [0.25, 0.3) is 0 Å². The highest BCUT2D eigenvalue weighted by molar-refractivity contribution is 8.05. The third kappa shape index (κ3) is 4.07. The molecule has 2 aromatic carbocycles. The van der Waals surface area contributed by atoms with Gasteiger partial charge < -0.3 is 4.74 Å². The summed E-state index contributed by atoms with van der Waals surface area (Å²) in [4.78, 5) is 26.8. The smallest absolute Gasteiger partial charge is 0.351 e. The molecule has 3 rings (SSSR count). The van der Waals surface area contributed by atoms with Gasteiger partial charge in [-0.2, -0.15) is 5.26 Å². The van der Waals surface area contributed by atoms with E-state index in [1.807, 2.05) is 12.1 Å². The van der Waals surface area contributed by atoms with Crippen LogP contribution in [0.3, 0.4) is 0 Å². The summed E-state index contributed by atoms with van der Waals surface area (Å²) in [6.45, 7) is 1.77. The molecule has 0 aromatic heterocycles. The summed E-state index contributed by atoms with van der Waals surface area (Å²) in [6, 6.07) is 16.6. The van der Waals surface area contributed by atoms with Crippen molar-refractivity contribution in [2.45, 2.75) is 18.6 Å². The van der Waals surface area contributed by atoms with Crippen molar-refractivity contribution in [1.82, 2.24) is 0 Å². The lowest BCUT2D eigenvalue weighted by Crippen LogP contribution is -2.30. The van der Waals surface area contributed by atoms with Crippen LogP contribution >= 0.6 is 11.8 Å². The van der Waals surface area contributed by atoms with Gasteiger partial charge in [-0.05, 0) is 43.2 Å². The molecule has 1 heterocycles. The minimum atomic E-state index is -0.760. The number of nitrogens with zero attached hydrogens (tertiary/aromatic N) is 2. The fraction of sp³-hybridized carbons (Fsp3) is 0.190. The Morgan fingerprint density at radius 1 is 1.21 bits per heavy atom. The molecule has 0 N–H and O–H groups in total. The summed E-state index contributed by atoms with van der Waals surface area (Å²) in [7, 11) is 0. The lowest BCUT2D eigenvalue weighted by atomic mass is 10.1. The number of benzene rings is 2. The number of carbonyl (C=O) groups is 2. The van der Waals surface area contributed by atoms with Gasteiger partial charge in [0.05, 0.1) is 11.9 Å². The Morgan fingerprint density at radius 2 is 1.89 bits per heavy atom. The van der Waals surface area contributed by atoms with E-state index < -0.39 is 11.2 Å². The topological polar surface area (TPSA) is 70.4 Å². The molecule has 5 nitrogen and oxygen atoms in total. The molecule has 1 fully saturated rings. The van der Waals surface area contributed by atoms with Gasteiger partial charge in [-0.25, -0.2) is 9.18 Å². The molecule has 1 amide bonds. The number of thioether (sulfide) groups is 1. The number of hydrogen-bond donors (Lipinski definition) is 0. The summed E-state index contributed by atoms with van der Waals surface area (Å²) in [5.41, 5.74) is 1.15. The van der Waals surface area contributed by atoms with Gasteiger partial charge in [-0.3, -0.25) is 9.69 Å². The molecule has 1 aliphatic heterocycles. The summed E-state index contributed by atoms with van der Waals surface area (Å²) >= 11 is 1.15. The Kier molecular flexibility index (Phi) is 6.12. The van der Waals surface area contributed by atoms with Gasteiger partial charge in [0.2, 0.25) is 5.91 Å². The molecule has 2 aromatic rings. The Morgan fingerprint density at radius 3 is 2.50 bits per heavy atom. The van der Waals surface area contributed by atoms with E-state index in [2.05, 4.69) is 0 Å². The minimum Gasteiger partial charge on any atom is -0.462 e. The molecule has 0 saturated carbocycles. The van der Waals surface area contributed by atoms with Crippen molar-refractivity contribution in [1.29, 1.82) is 5.26 Å². The lowest BCUT2D eigenvalue weighted by Gasteiger charge is -2.18. The molecule has 7 heteroatoms. The first-order chi connectivity index (χ1) is 13.5.